The summed E-state index contributed by atoms with van der Waals surface area (Å²) in [5.74, 6) is 2.59. The molecule has 2 nitrogen and oxygen atoms in total. The Kier molecular flexibility index (Phi) is 3.34. The van der Waals surface area contributed by atoms with Crippen molar-refractivity contribution in [3.63, 3.8) is 0 Å². The fourth-order valence-corrected chi connectivity index (χ4v) is 3.95. The zero-order valence-corrected chi connectivity index (χ0v) is 11.9. The summed E-state index contributed by atoms with van der Waals surface area (Å²) in [6, 6.07) is 6.09. The Balaban J connectivity index is 1.61. The Morgan fingerprint density at radius 3 is 2.79 bits per heavy atom. The highest BCUT2D eigenvalue weighted by atomic mass is 16.1. The third-order valence-corrected chi connectivity index (χ3v) is 5.21. The molecule has 1 N–H and O–H groups in total. The highest BCUT2D eigenvalue weighted by Crippen LogP contribution is 2.49. The van der Waals surface area contributed by atoms with Crippen molar-refractivity contribution in [2.45, 2.75) is 46.0 Å². The number of anilines is 1. The number of hydrogen-bond donors (Lipinski definition) is 1. The quantitative estimate of drug-likeness (QED) is 0.869. The minimum atomic E-state index is 0.200. The van der Waals surface area contributed by atoms with Crippen LogP contribution in [0.3, 0.4) is 0 Å². The number of nitrogens with one attached hydrogen (secondary N) is 1. The van der Waals surface area contributed by atoms with Crippen LogP contribution in [0.25, 0.3) is 0 Å². The van der Waals surface area contributed by atoms with Gasteiger partial charge in [0.15, 0.2) is 0 Å². The second-order valence-electron chi connectivity index (χ2n) is 6.43. The normalized spacial score (nSPS) is 28.6. The molecule has 3 atom stereocenters. The van der Waals surface area contributed by atoms with E-state index in [1.54, 1.807) is 0 Å². The molecule has 2 aliphatic carbocycles. The average molecular weight is 257 g/mol. The van der Waals surface area contributed by atoms with Crippen molar-refractivity contribution >= 4 is 11.6 Å². The van der Waals surface area contributed by atoms with Gasteiger partial charge in [0.2, 0.25) is 5.91 Å². The Labute approximate surface area is 115 Å². The van der Waals surface area contributed by atoms with Crippen LogP contribution in [-0.2, 0) is 4.79 Å². The number of hydrogen-bond acceptors (Lipinski definition) is 1. The van der Waals surface area contributed by atoms with E-state index in [9.17, 15) is 4.79 Å². The van der Waals surface area contributed by atoms with Gasteiger partial charge in [-0.25, -0.2) is 0 Å². The molecule has 2 bridgehead atoms. The monoisotopic (exact) mass is 257 g/mol. The second-order valence-corrected chi connectivity index (χ2v) is 6.43. The van der Waals surface area contributed by atoms with Crippen molar-refractivity contribution in [1.29, 1.82) is 0 Å². The van der Waals surface area contributed by atoms with Crippen molar-refractivity contribution in [2.24, 2.45) is 17.8 Å². The Morgan fingerprint density at radius 1 is 1.26 bits per heavy atom. The lowest BCUT2D eigenvalue weighted by Gasteiger charge is -2.21. The van der Waals surface area contributed by atoms with E-state index in [0.717, 1.165) is 17.5 Å². The lowest BCUT2D eigenvalue weighted by atomic mass is 9.86. The minimum Gasteiger partial charge on any atom is -0.326 e. The summed E-state index contributed by atoms with van der Waals surface area (Å²) < 4.78 is 0. The van der Waals surface area contributed by atoms with Gasteiger partial charge in [-0.15, -0.1) is 0 Å². The molecule has 0 saturated heterocycles. The smallest absolute Gasteiger partial charge is 0.224 e. The molecule has 0 heterocycles. The van der Waals surface area contributed by atoms with Crippen LogP contribution in [0.15, 0.2) is 18.2 Å². The molecule has 0 spiro atoms. The van der Waals surface area contributed by atoms with Crippen molar-refractivity contribution in [3.8, 4) is 0 Å². The molecule has 1 aromatic rings. The van der Waals surface area contributed by atoms with Gasteiger partial charge in [0, 0.05) is 12.1 Å². The zero-order valence-electron chi connectivity index (χ0n) is 11.9. The molecule has 0 radical (unpaired) electrons. The van der Waals surface area contributed by atoms with Crippen LogP contribution in [0.5, 0.6) is 0 Å². The first-order chi connectivity index (χ1) is 9.13. The minimum absolute atomic E-state index is 0.200. The summed E-state index contributed by atoms with van der Waals surface area (Å²) in [5, 5.41) is 3.10. The number of carbonyl (C=O) groups is 1. The molecule has 19 heavy (non-hydrogen) atoms. The van der Waals surface area contributed by atoms with Crippen molar-refractivity contribution < 1.29 is 4.79 Å². The SMILES string of the molecule is Cc1cccc(NC(=O)C[C@@H]2C[C@H]3CC[C@@H]2C3)c1C. The van der Waals surface area contributed by atoms with Gasteiger partial charge in [-0.2, -0.15) is 0 Å². The van der Waals surface area contributed by atoms with Crippen molar-refractivity contribution in [1.82, 2.24) is 0 Å². The van der Waals surface area contributed by atoms with E-state index in [1.165, 1.54) is 36.8 Å². The van der Waals surface area contributed by atoms with Gasteiger partial charge in [0.1, 0.15) is 0 Å². The van der Waals surface area contributed by atoms with E-state index >= 15 is 0 Å². The first-order valence-electron chi connectivity index (χ1n) is 7.49. The van der Waals surface area contributed by atoms with E-state index in [1.807, 2.05) is 12.1 Å². The fraction of sp³-hybridized carbons (Fsp3) is 0.588. The average Bonchev–Trinajstić information content (AvgIpc) is 2.97. The van der Waals surface area contributed by atoms with Gasteiger partial charge >= 0.3 is 0 Å². The summed E-state index contributed by atoms with van der Waals surface area (Å²) in [5.41, 5.74) is 3.40. The van der Waals surface area contributed by atoms with E-state index in [2.05, 4.69) is 25.2 Å². The first kappa shape index (κ1) is 12.7. The van der Waals surface area contributed by atoms with E-state index in [0.29, 0.717) is 12.3 Å². The third-order valence-electron chi connectivity index (χ3n) is 5.21. The highest BCUT2D eigenvalue weighted by Gasteiger charge is 2.40. The molecule has 2 saturated carbocycles. The molecular weight excluding hydrogens is 234 g/mol. The Bertz CT molecular complexity index is 494. The number of fused-ring (bicyclic) bond motifs is 2. The van der Waals surface area contributed by atoms with Gasteiger partial charge in [0.05, 0.1) is 0 Å². The van der Waals surface area contributed by atoms with Gasteiger partial charge in [0.25, 0.3) is 0 Å². The molecular formula is C17H23NO. The van der Waals surface area contributed by atoms with E-state index in [-0.39, 0.29) is 5.91 Å². The standard InChI is InChI=1S/C17H23NO/c1-11-4-3-5-16(12(11)2)18-17(19)10-15-9-13-6-7-14(15)8-13/h3-5,13-15H,6-10H2,1-2H3,(H,18,19)/t13-,14+,15-/m0/s1. The highest BCUT2D eigenvalue weighted by molar-refractivity contribution is 5.91. The van der Waals surface area contributed by atoms with E-state index in [4.69, 9.17) is 0 Å². The predicted octanol–water partition coefficient (Wildman–Crippen LogP) is 4.07. The van der Waals surface area contributed by atoms with Gasteiger partial charge in [-0.05, 0) is 68.1 Å². The van der Waals surface area contributed by atoms with Gasteiger partial charge in [-0.1, -0.05) is 18.6 Å². The molecule has 2 aliphatic rings. The van der Waals surface area contributed by atoms with Gasteiger partial charge in [-0.3, -0.25) is 4.79 Å². The maximum atomic E-state index is 12.2. The van der Waals surface area contributed by atoms with Crippen molar-refractivity contribution in [3.05, 3.63) is 29.3 Å². The molecule has 1 amide bonds. The molecule has 0 unspecified atom stereocenters. The van der Waals surface area contributed by atoms with Crippen LogP contribution in [0, 0.1) is 31.6 Å². The molecule has 0 aliphatic heterocycles. The Hall–Kier alpha value is -1.31. The number of amides is 1. The summed E-state index contributed by atoms with van der Waals surface area (Å²) in [4.78, 5) is 12.2. The zero-order chi connectivity index (χ0) is 13.4. The van der Waals surface area contributed by atoms with E-state index < -0.39 is 0 Å². The topological polar surface area (TPSA) is 29.1 Å². The van der Waals surface area contributed by atoms with Gasteiger partial charge < -0.3 is 5.32 Å². The maximum absolute atomic E-state index is 12.2. The fourth-order valence-electron chi connectivity index (χ4n) is 3.95. The largest absolute Gasteiger partial charge is 0.326 e. The third kappa shape index (κ3) is 2.54. The molecule has 3 rings (SSSR count). The second kappa shape index (κ2) is 4.99. The lowest BCUT2D eigenvalue weighted by Crippen LogP contribution is -2.20. The van der Waals surface area contributed by atoms with Crippen LogP contribution in [0.1, 0.15) is 43.2 Å². The number of carbonyl (C=O) groups excluding carboxylic acids is 1. The molecule has 2 fully saturated rings. The lowest BCUT2D eigenvalue weighted by molar-refractivity contribution is -0.117. The number of aryl methyl sites for hydroxylation is 1. The van der Waals surface area contributed by atoms with Crippen LogP contribution in [0.2, 0.25) is 0 Å². The Morgan fingerprint density at radius 2 is 2.11 bits per heavy atom. The molecule has 1 aromatic carbocycles. The molecule has 2 heteroatoms. The first-order valence-corrected chi connectivity index (χ1v) is 7.49. The number of benzene rings is 1. The molecule has 0 aromatic heterocycles. The van der Waals surface area contributed by atoms with Crippen LogP contribution >= 0.6 is 0 Å². The van der Waals surface area contributed by atoms with Crippen LogP contribution in [0.4, 0.5) is 5.69 Å². The van der Waals surface area contributed by atoms with Crippen molar-refractivity contribution in [2.75, 3.05) is 5.32 Å². The number of rotatable bonds is 3. The van der Waals surface area contributed by atoms with Crippen LogP contribution in [-0.4, -0.2) is 5.91 Å². The summed E-state index contributed by atoms with van der Waals surface area (Å²) in [7, 11) is 0. The predicted molar refractivity (Wildman–Crippen MR) is 78.1 cm³/mol. The molecule has 102 valence electrons. The summed E-state index contributed by atoms with van der Waals surface area (Å²) >= 11 is 0. The summed E-state index contributed by atoms with van der Waals surface area (Å²) in [6.07, 6.45) is 6.13. The van der Waals surface area contributed by atoms with Crippen LogP contribution < -0.4 is 5.32 Å². The maximum Gasteiger partial charge on any atom is 0.224 e. The summed E-state index contributed by atoms with van der Waals surface area (Å²) in [6.45, 7) is 4.16.